The first-order valence-electron chi connectivity index (χ1n) is 4.69. The fourth-order valence-electron chi connectivity index (χ4n) is 1.22. The summed E-state index contributed by atoms with van der Waals surface area (Å²) in [6, 6.07) is -0.0494. The standard InChI is InChI=1S/C10H17N3O/c1-8(9(2)14)13(4)7-10-11-5-6-12(10)3/h5-6,8H,7H2,1-4H3. The van der Waals surface area contributed by atoms with E-state index >= 15 is 0 Å². The number of aryl methyl sites for hydroxylation is 1. The molecule has 0 aliphatic rings. The van der Waals surface area contributed by atoms with Crippen molar-refractivity contribution in [1.82, 2.24) is 14.5 Å². The highest BCUT2D eigenvalue weighted by Crippen LogP contribution is 2.04. The van der Waals surface area contributed by atoms with Gasteiger partial charge in [0, 0.05) is 19.4 Å². The minimum atomic E-state index is -0.0494. The topological polar surface area (TPSA) is 38.1 Å². The normalized spacial score (nSPS) is 13.2. The van der Waals surface area contributed by atoms with Gasteiger partial charge in [0.05, 0.1) is 12.6 Å². The van der Waals surface area contributed by atoms with Crippen molar-refractivity contribution in [1.29, 1.82) is 0 Å². The van der Waals surface area contributed by atoms with Crippen molar-refractivity contribution in [3.8, 4) is 0 Å². The van der Waals surface area contributed by atoms with E-state index in [1.54, 1.807) is 13.1 Å². The lowest BCUT2D eigenvalue weighted by molar-refractivity contribution is -0.121. The summed E-state index contributed by atoms with van der Waals surface area (Å²) in [6.07, 6.45) is 3.67. The fraction of sp³-hybridized carbons (Fsp3) is 0.600. The molecule has 4 nitrogen and oxygen atoms in total. The number of imidazole rings is 1. The molecule has 0 saturated carbocycles. The summed E-state index contributed by atoms with van der Waals surface area (Å²) >= 11 is 0. The highest BCUT2D eigenvalue weighted by atomic mass is 16.1. The molecule has 0 aliphatic carbocycles. The van der Waals surface area contributed by atoms with Crippen LogP contribution < -0.4 is 0 Å². The second kappa shape index (κ2) is 4.37. The van der Waals surface area contributed by atoms with E-state index in [1.807, 2.05) is 36.7 Å². The first-order chi connectivity index (χ1) is 6.52. The molecular formula is C10H17N3O. The summed E-state index contributed by atoms with van der Waals surface area (Å²) in [5.74, 6) is 1.15. The van der Waals surface area contributed by atoms with Crippen LogP contribution in [0.3, 0.4) is 0 Å². The summed E-state index contributed by atoms with van der Waals surface area (Å²) in [7, 11) is 3.88. The third kappa shape index (κ3) is 2.42. The molecule has 0 radical (unpaired) electrons. The first-order valence-corrected chi connectivity index (χ1v) is 4.69. The molecule has 0 fully saturated rings. The number of Topliss-reactive ketones (excluding diaryl/α,β-unsaturated/α-hetero) is 1. The number of ketones is 1. The number of rotatable bonds is 4. The summed E-state index contributed by atoms with van der Waals surface area (Å²) in [4.78, 5) is 17.3. The van der Waals surface area contributed by atoms with Crippen LogP contribution in [0.1, 0.15) is 19.7 Å². The molecule has 1 aromatic heterocycles. The number of likely N-dealkylation sites (N-methyl/N-ethyl adjacent to an activating group) is 1. The van der Waals surface area contributed by atoms with Crippen LogP contribution >= 0.6 is 0 Å². The molecule has 1 unspecified atom stereocenters. The van der Waals surface area contributed by atoms with E-state index in [-0.39, 0.29) is 11.8 Å². The fourth-order valence-corrected chi connectivity index (χ4v) is 1.22. The monoisotopic (exact) mass is 195 g/mol. The summed E-state index contributed by atoms with van der Waals surface area (Å²) in [6.45, 7) is 4.22. The van der Waals surface area contributed by atoms with Crippen LogP contribution in [0, 0.1) is 0 Å². The van der Waals surface area contributed by atoms with Crippen LogP contribution in [0.25, 0.3) is 0 Å². The van der Waals surface area contributed by atoms with E-state index < -0.39 is 0 Å². The number of aromatic nitrogens is 2. The SMILES string of the molecule is CC(=O)C(C)N(C)Cc1nccn1C. The zero-order valence-corrected chi connectivity index (χ0v) is 9.19. The van der Waals surface area contributed by atoms with Gasteiger partial charge in [-0.15, -0.1) is 0 Å². The second-order valence-corrected chi connectivity index (χ2v) is 3.66. The predicted molar refractivity (Wildman–Crippen MR) is 54.8 cm³/mol. The van der Waals surface area contributed by atoms with E-state index in [9.17, 15) is 4.79 Å². The maximum atomic E-state index is 11.1. The molecule has 0 aliphatic heterocycles. The summed E-state index contributed by atoms with van der Waals surface area (Å²) in [5, 5.41) is 0. The molecule has 78 valence electrons. The Bertz CT molecular complexity index is 319. The van der Waals surface area contributed by atoms with Crippen LogP contribution in [-0.4, -0.2) is 33.3 Å². The molecule has 0 aromatic carbocycles. The van der Waals surface area contributed by atoms with E-state index in [2.05, 4.69) is 4.98 Å². The van der Waals surface area contributed by atoms with Gasteiger partial charge < -0.3 is 4.57 Å². The van der Waals surface area contributed by atoms with Crippen molar-refractivity contribution >= 4 is 5.78 Å². The Morgan fingerprint density at radius 1 is 1.71 bits per heavy atom. The number of carbonyl (C=O) groups excluding carboxylic acids is 1. The minimum Gasteiger partial charge on any atom is -0.337 e. The second-order valence-electron chi connectivity index (χ2n) is 3.66. The average Bonchev–Trinajstić information content (AvgIpc) is 2.50. The van der Waals surface area contributed by atoms with Crippen molar-refractivity contribution in [2.45, 2.75) is 26.4 Å². The maximum absolute atomic E-state index is 11.1. The van der Waals surface area contributed by atoms with Gasteiger partial charge in [0.15, 0.2) is 0 Å². The molecule has 4 heteroatoms. The lowest BCUT2D eigenvalue weighted by Gasteiger charge is -2.21. The number of hydrogen-bond donors (Lipinski definition) is 0. The van der Waals surface area contributed by atoms with Gasteiger partial charge in [-0.2, -0.15) is 0 Å². The predicted octanol–water partition coefficient (Wildman–Crippen LogP) is 0.829. The van der Waals surface area contributed by atoms with Crippen molar-refractivity contribution in [2.24, 2.45) is 7.05 Å². The molecule has 14 heavy (non-hydrogen) atoms. The van der Waals surface area contributed by atoms with Crippen molar-refractivity contribution in [3.63, 3.8) is 0 Å². The third-order valence-corrected chi connectivity index (χ3v) is 2.56. The highest BCUT2D eigenvalue weighted by molar-refractivity contribution is 5.80. The van der Waals surface area contributed by atoms with E-state index in [4.69, 9.17) is 0 Å². The zero-order valence-electron chi connectivity index (χ0n) is 9.19. The zero-order chi connectivity index (χ0) is 10.7. The summed E-state index contributed by atoms with van der Waals surface area (Å²) < 4.78 is 1.96. The number of hydrogen-bond acceptors (Lipinski definition) is 3. The molecule has 1 aromatic rings. The van der Waals surface area contributed by atoms with Gasteiger partial charge in [0.25, 0.3) is 0 Å². The molecule has 0 amide bonds. The quantitative estimate of drug-likeness (QED) is 0.714. The molecular weight excluding hydrogens is 178 g/mol. The molecule has 0 saturated heterocycles. The number of nitrogens with zero attached hydrogens (tertiary/aromatic N) is 3. The van der Waals surface area contributed by atoms with Crippen LogP contribution in [0.15, 0.2) is 12.4 Å². The van der Waals surface area contributed by atoms with Crippen LogP contribution in [0.2, 0.25) is 0 Å². The molecule has 0 spiro atoms. The Morgan fingerprint density at radius 3 is 2.79 bits per heavy atom. The van der Waals surface area contributed by atoms with Crippen molar-refractivity contribution in [3.05, 3.63) is 18.2 Å². The molecule has 1 rings (SSSR count). The van der Waals surface area contributed by atoms with Crippen molar-refractivity contribution < 1.29 is 4.79 Å². The Kier molecular flexibility index (Phi) is 3.41. The maximum Gasteiger partial charge on any atom is 0.146 e. The van der Waals surface area contributed by atoms with Crippen LogP contribution in [0.5, 0.6) is 0 Å². The van der Waals surface area contributed by atoms with Crippen LogP contribution in [-0.2, 0) is 18.4 Å². The van der Waals surface area contributed by atoms with Gasteiger partial charge in [-0.1, -0.05) is 0 Å². The molecule has 1 atom stereocenters. The smallest absolute Gasteiger partial charge is 0.146 e. The lowest BCUT2D eigenvalue weighted by Crippen LogP contribution is -2.34. The largest absolute Gasteiger partial charge is 0.337 e. The van der Waals surface area contributed by atoms with E-state index in [1.165, 1.54) is 0 Å². The van der Waals surface area contributed by atoms with Gasteiger partial charge >= 0.3 is 0 Å². The van der Waals surface area contributed by atoms with E-state index in [0.29, 0.717) is 6.54 Å². The van der Waals surface area contributed by atoms with Gasteiger partial charge in [-0.25, -0.2) is 4.98 Å². The highest BCUT2D eigenvalue weighted by Gasteiger charge is 2.15. The molecule has 1 heterocycles. The number of carbonyl (C=O) groups is 1. The van der Waals surface area contributed by atoms with Crippen LogP contribution in [0.4, 0.5) is 0 Å². The van der Waals surface area contributed by atoms with Crippen molar-refractivity contribution in [2.75, 3.05) is 7.05 Å². The van der Waals surface area contributed by atoms with E-state index in [0.717, 1.165) is 5.82 Å². The Balaban J connectivity index is 2.61. The molecule has 0 bridgehead atoms. The molecule has 0 N–H and O–H groups in total. The Labute approximate surface area is 84.5 Å². The minimum absolute atomic E-state index is 0.0494. The van der Waals surface area contributed by atoms with Gasteiger partial charge in [0.2, 0.25) is 0 Å². The Hall–Kier alpha value is -1.16. The van der Waals surface area contributed by atoms with Gasteiger partial charge in [-0.05, 0) is 20.9 Å². The average molecular weight is 195 g/mol. The van der Waals surface area contributed by atoms with Gasteiger partial charge in [-0.3, -0.25) is 9.69 Å². The third-order valence-electron chi connectivity index (χ3n) is 2.56. The summed E-state index contributed by atoms with van der Waals surface area (Å²) in [5.41, 5.74) is 0. The lowest BCUT2D eigenvalue weighted by atomic mass is 10.2. The Morgan fingerprint density at radius 2 is 2.36 bits per heavy atom. The first kappa shape index (κ1) is 10.9. The van der Waals surface area contributed by atoms with Gasteiger partial charge in [0.1, 0.15) is 11.6 Å².